The second kappa shape index (κ2) is 7.08. The summed E-state index contributed by atoms with van der Waals surface area (Å²) in [6, 6.07) is 9.81. The summed E-state index contributed by atoms with van der Waals surface area (Å²) >= 11 is 0. The molecule has 3 heterocycles. The van der Waals surface area contributed by atoms with Crippen molar-refractivity contribution in [3.63, 3.8) is 0 Å². The van der Waals surface area contributed by atoms with Crippen LogP contribution in [-0.4, -0.2) is 45.5 Å². The smallest absolute Gasteiger partial charge is 0.273 e. The molecule has 0 spiro atoms. The van der Waals surface area contributed by atoms with Crippen molar-refractivity contribution in [3.05, 3.63) is 47.9 Å². The van der Waals surface area contributed by atoms with Crippen molar-refractivity contribution in [2.24, 2.45) is 5.41 Å². The fraction of sp³-hybridized carbons (Fsp3) is 0.400. The topological polar surface area (TPSA) is 84.7 Å². The lowest BCUT2D eigenvalue weighted by atomic mass is 9.81. The van der Waals surface area contributed by atoms with Gasteiger partial charge in [0, 0.05) is 18.1 Å². The van der Waals surface area contributed by atoms with Crippen LogP contribution in [0.15, 0.2) is 36.5 Å². The van der Waals surface area contributed by atoms with Gasteiger partial charge < -0.3 is 10.6 Å². The molecule has 0 atom stereocenters. The number of carbonyl (C=O) groups is 1. The van der Waals surface area contributed by atoms with Gasteiger partial charge in [0.1, 0.15) is 0 Å². The minimum absolute atomic E-state index is 0.129. The fourth-order valence-corrected chi connectivity index (χ4v) is 3.61. The van der Waals surface area contributed by atoms with Crippen molar-refractivity contribution >= 4 is 16.8 Å². The van der Waals surface area contributed by atoms with E-state index < -0.39 is 0 Å². The lowest BCUT2D eigenvalue weighted by Gasteiger charge is -2.34. The highest BCUT2D eigenvalue weighted by molar-refractivity contribution is 5.93. The van der Waals surface area contributed by atoms with E-state index in [1.54, 1.807) is 10.9 Å². The Morgan fingerprint density at radius 1 is 1.26 bits per heavy atom. The molecule has 1 amide bonds. The van der Waals surface area contributed by atoms with Crippen LogP contribution in [0.1, 0.15) is 35.9 Å². The number of nitrogens with zero attached hydrogens (tertiary/aromatic N) is 4. The number of fused-ring (bicyclic) bond motifs is 1. The Morgan fingerprint density at radius 2 is 2.04 bits per heavy atom. The maximum absolute atomic E-state index is 12.7. The number of nitrogens with one attached hydrogen (secondary N) is 2. The molecule has 2 aromatic heterocycles. The van der Waals surface area contributed by atoms with Crippen LogP contribution in [0.3, 0.4) is 0 Å². The van der Waals surface area contributed by atoms with Gasteiger partial charge in [0.25, 0.3) is 5.91 Å². The molecule has 1 fully saturated rings. The normalized spacial score (nSPS) is 16.4. The minimum Gasteiger partial charge on any atom is -0.350 e. The molecule has 7 heteroatoms. The first-order valence-corrected chi connectivity index (χ1v) is 9.33. The zero-order valence-electron chi connectivity index (χ0n) is 15.7. The summed E-state index contributed by atoms with van der Waals surface area (Å²) in [4.78, 5) is 17.2. The van der Waals surface area contributed by atoms with Crippen molar-refractivity contribution in [2.45, 2.75) is 26.7 Å². The van der Waals surface area contributed by atoms with Crippen molar-refractivity contribution in [1.82, 2.24) is 30.6 Å². The predicted octanol–water partition coefficient (Wildman–Crippen LogP) is 2.24. The molecule has 2 N–H and O–H groups in total. The Labute approximate surface area is 158 Å². The number of rotatable bonds is 4. The standard InChI is InChI=1S/C20H24N6O/c1-14-17(19(27)23-13-20(2)8-11-21-12-9-20)24-25-26(14)16-7-3-5-15-6-4-10-22-18(15)16/h3-7,10,21H,8-9,11-13H2,1-2H3,(H,23,27). The summed E-state index contributed by atoms with van der Waals surface area (Å²) in [6.07, 6.45) is 3.87. The molecule has 1 saturated heterocycles. The molecular weight excluding hydrogens is 340 g/mol. The van der Waals surface area contributed by atoms with Crippen LogP contribution in [0.4, 0.5) is 0 Å². The Hall–Kier alpha value is -2.80. The highest BCUT2D eigenvalue weighted by atomic mass is 16.2. The highest BCUT2D eigenvalue weighted by Gasteiger charge is 2.28. The quantitative estimate of drug-likeness (QED) is 0.742. The molecule has 1 aliphatic heterocycles. The first kappa shape index (κ1) is 17.6. The Balaban J connectivity index is 1.57. The van der Waals surface area contributed by atoms with Crippen LogP contribution in [-0.2, 0) is 0 Å². The lowest BCUT2D eigenvalue weighted by molar-refractivity contribution is 0.0916. The van der Waals surface area contributed by atoms with Crippen LogP contribution in [0.25, 0.3) is 16.6 Å². The van der Waals surface area contributed by atoms with Gasteiger partial charge in [0.05, 0.1) is 16.9 Å². The molecule has 1 aliphatic rings. The van der Waals surface area contributed by atoms with Gasteiger partial charge >= 0.3 is 0 Å². The number of carbonyl (C=O) groups excluding carboxylic acids is 1. The number of para-hydroxylation sites is 1. The van der Waals surface area contributed by atoms with E-state index in [-0.39, 0.29) is 11.3 Å². The van der Waals surface area contributed by atoms with Gasteiger partial charge in [-0.3, -0.25) is 9.78 Å². The van der Waals surface area contributed by atoms with Crippen LogP contribution < -0.4 is 10.6 Å². The first-order valence-electron chi connectivity index (χ1n) is 9.33. The summed E-state index contributed by atoms with van der Waals surface area (Å²) in [7, 11) is 0. The lowest BCUT2D eigenvalue weighted by Crippen LogP contribution is -2.43. The van der Waals surface area contributed by atoms with Crippen LogP contribution in [0, 0.1) is 12.3 Å². The van der Waals surface area contributed by atoms with Gasteiger partial charge in [-0.1, -0.05) is 30.3 Å². The molecule has 27 heavy (non-hydrogen) atoms. The molecule has 0 aliphatic carbocycles. The van der Waals surface area contributed by atoms with Gasteiger partial charge in [0.15, 0.2) is 5.69 Å². The van der Waals surface area contributed by atoms with Crippen LogP contribution in [0.2, 0.25) is 0 Å². The van der Waals surface area contributed by atoms with E-state index in [0.29, 0.717) is 17.9 Å². The highest BCUT2D eigenvalue weighted by Crippen LogP contribution is 2.27. The van der Waals surface area contributed by atoms with Gasteiger partial charge in [0.2, 0.25) is 0 Å². The summed E-state index contributed by atoms with van der Waals surface area (Å²) in [6.45, 7) is 6.73. The number of hydrogen-bond acceptors (Lipinski definition) is 5. The molecule has 140 valence electrons. The van der Waals surface area contributed by atoms with E-state index in [2.05, 4.69) is 32.9 Å². The predicted molar refractivity (Wildman–Crippen MR) is 104 cm³/mol. The minimum atomic E-state index is -0.174. The van der Waals surface area contributed by atoms with Crippen molar-refractivity contribution in [3.8, 4) is 5.69 Å². The number of pyridine rings is 1. The number of benzene rings is 1. The third-order valence-corrected chi connectivity index (χ3v) is 5.44. The largest absolute Gasteiger partial charge is 0.350 e. The van der Waals surface area contributed by atoms with Crippen molar-refractivity contribution in [1.29, 1.82) is 0 Å². The third kappa shape index (κ3) is 3.42. The molecule has 0 unspecified atom stereocenters. The van der Waals surface area contributed by atoms with Gasteiger partial charge in [-0.15, -0.1) is 5.10 Å². The van der Waals surface area contributed by atoms with Gasteiger partial charge in [-0.2, -0.15) is 0 Å². The van der Waals surface area contributed by atoms with E-state index >= 15 is 0 Å². The van der Waals surface area contributed by atoms with E-state index in [0.717, 1.165) is 42.5 Å². The van der Waals surface area contributed by atoms with E-state index in [1.165, 1.54) is 0 Å². The monoisotopic (exact) mass is 364 g/mol. The molecule has 4 rings (SSSR count). The van der Waals surface area contributed by atoms with Crippen LogP contribution in [0.5, 0.6) is 0 Å². The zero-order valence-corrected chi connectivity index (χ0v) is 15.7. The van der Waals surface area contributed by atoms with Crippen LogP contribution >= 0.6 is 0 Å². The van der Waals surface area contributed by atoms with Gasteiger partial charge in [-0.05, 0) is 50.4 Å². The summed E-state index contributed by atoms with van der Waals surface area (Å²) in [5.74, 6) is -0.174. The van der Waals surface area contributed by atoms with E-state index in [4.69, 9.17) is 0 Å². The van der Waals surface area contributed by atoms with Gasteiger partial charge in [-0.25, -0.2) is 4.68 Å². The summed E-state index contributed by atoms with van der Waals surface area (Å²) in [5, 5.41) is 15.8. The second-order valence-corrected chi connectivity index (χ2v) is 7.53. The molecular formula is C20H24N6O. The number of hydrogen-bond donors (Lipinski definition) is 2. The molecule has 7 nitrogen and oxygen atoms in total. The Kier molecular flexibility index (Phi) is 4.61. The first-order chi connectivity index (χ1) is 13.1. The number of aromatic nitrogens is 4. The Morgan fingerprint density at radius 3 is 2.85 bits per heavy atom. The zero-order chi connectivity index (χ0) is 18.9. The number of piperidine rings is 1. The summed E-state index contributed by atoms with van der Waals surface area (Å²) in [5.41, 5.74) is 2.86. The summed E-state index contributed by atoms with van der Waals surface area (Å²) < 4.78 is 1.69. The maximum Gasteiger partial charge on any atom is 0.273 e. The fourth-order valence-electron chi connectivity index (χ4n) is 3.61. The molecule has 0 bridgehead atoms. The number of amides is 1. The second-order valence-electron chi connectivity index (χ2n) is 7.53. The molecule has 3 aromatic rings. The Bertz CT molecular complexity index is 968. The van der Waals surface area contributed by atoms with Crippen molar-refractivity contribution in [2.75, 3.05) is 19.6 Å². The van der Waals surface area contributed by atoms with E-state index in [9.17, 15) is 4.79 Å². The van der Waals surface area contributed by atoms with Crippen molar-refractivity contribution < 1.29 is 4.79 Å². The average molecular weight is 364 g/mol. The average Bonchev–Trinajstić information content (AvgIpc) is 3.07. The van der Waals surface area contributed by atoms with E-state index in [1.807, 2.05) is 37.3 Å². The molecule has 0 saturated carbocycles. The SMILES string of the molecule is Cc1c(C(=O)NCC2(C)CCNCC2)nnn1-c1cccc2cccnc12. The maximum atomic E-state index is 12.7. The molecule has 1 aromatic carbocycles. The third-order valence-electron chi connectivity index (χ3n) is 5.44. The molecule has 0 radical (unpaired) electrons.